The van der Waals surface area contributed by atoms with E-state index in [2.05, 4.69) is 5.32 Å². The fourth-order valence-corrected chi connectivity index (χ4v) is 2.48. The first-order valence-corrected chi connectivity index (χ1v) is 6.75. The second-order valence-corrected chi connectivity index (χ2v) is 5.36. The lowest BCUT2D eigenvalue weighted by molar-refractivity contribution is -0.151. The SMILES string of the molecule is CCC1(C)NC(=O)CN(C(C)c2ccccc2F)C1=O. The fourth-order valence-electron chi connectivity index (χ4n) is 2.48. The Hall–Kier alpha value is -1.91. The molecule has 1 aromatic rings. The highest BCUT2D eigenvalue weighted by Crippen LogP contribution is 2.28. The standard InChI is InChI=1S/C15H19FN2O2/c1-4-15(3)14(20)18(9-13(19)17-15)10(2)11-7-5-6-8-12(11)16/h5-8,10H,4,9H2,1-3H3,(H,17,19). The van der Waals surface area contributed by atoms with Gasteiger partial charge in [-0.3, -0.25) is 9.59 Å². The number of carbonyl (C=O) groups excluding carboxylic acids is 2. The monoisotopic (exact) mass is 278 g/mol. The fraction of sp³-hybridized carbons (Fsp3) is 0.467. The summed E-state index contributed by atoms with van der Waals surface area (Å²) in [5.41, 5.74) is -0.483. The molecule has 4 nitrogen and oxygen atoms in total. The average molecular weight is 278 g/mol. The minimum Gasteiger partial charge on any atom is -0.340 e. The molecule has 2 unspecified atom stereocenters. The summed E-state index contributed by atoms with van der Waals surface area (Å²) >= 11 is 0. The summed E-state index contributed by atoms with van der Waals surface area (Å²) in [6, 6.07) is 5.86. The Bertz CT molecular complexity index is 546. The Labute approximate surface area is 118 Å². The summed E-state index contributed by atoms with van der Waals surface area (Å²) in [5.74, 6) is -0.746. The molecule has 0 aliphatic carbocycles. The Morgan fingerprint density at radius 2 is 2.05 bits per heavy atom. The quantitative estimate of drug-likeness (QED) is 0.919. The van der Waals surface area contributed by atoms with Crippen molar-refractivity contribution >= 4 is 11.8 Å². The molecule has 1 saturated heterocycles. The van der Waals surface area contributed by atoms with Gasteiger partial charge in [-0.05, 0) is 26.3 Å². The van der Waals surface area contributed by atoms with E-state index >= 15 is 0 Å². The number of halogens is 1. The van der Waals surface area contributed by atoms with Gasteiger partial charge in [0.2, 0.25) is 11.8 Å². The number of benzene rings is 1. The first-order chi connectivity index (χ1) is 9.39. The first-order valence-electron chi connectivity index (χ1n) is 6.75. The van der Waals surface area contributed by atoms with Crippen LogP contribution >= 0.6 is 0 Å². The molecule has 5 heteroatoms. The van der Waals surface area contributed by atoms with E-state index in [-0.39, 0.29) is 24.2 Å². The highest BCUT2D eigenvalue weighted by Gasteiger charge is 2.43. The molecular weight excluding hydrogens is 259 g/mol. The molecule has 0 radical (unpaired) electrons. The van der Waals surface area contributed by atoms with Crippen LogP contribution in [0.2, 0.25) is 0 Å². The molecule has 0 spiro atoms. The van der Waals surface area contributed by atoms with E-state index in [1.54, 1.807) is 32.0 Å². The smallest absolute Gasteiger partial charge is 0.249 e. The molecule has 0 aromatic heterocycles. The molecule has 1 N–H and O–H groups in total. The van der Waals surface area contributed by atoms with Gasteiger partial charge in [0.1, 0.15) is 17.9 Å². The number of nitrogens with zero attached hydrogens (tertiary/aromatic N) is 1. The lowest BCUT2D eigenvalue weighted by Gasteiger charge is -2.42. The van der Waals surface area contributed by atoms with Gasteiger partial charge in [0, 0.05) is 5.56 Å². The van der Waals surface area contributed by atoms with Crippen LogP contribution in [0, 0.1) is 5.82 Å². The van der Waals surface area contributed by atoms with Gasteiger partial charge < -0.3 is 10.2 Å². The summed E-state index contributed by atoms with van der Waals surface area (Å²) < 4.78 is 13.9. The van der Waals surface area contributed by atoms with E-state index in [0.29, 0.717) is 12.0 Å². The second-order valence-electron chi connectivity index (χ2n) is 5.36. The number of nitrogens with one attached hydrogen (secondary N) is 1. The maximum Gasteiger partial charge on any atom is 0.249 e. The van der Waals surface area contributed by atoms with Crippen LogP contribution in [0.4, 0.5) is 4.39 Å². The molecule has 2 rings (SSSR count). The molecule has 20 heavy (non-hydrogen) atoms. The van der Waals surface area contributed by atoms with Crippen LogP contribution in [0.25, 0.3) is 0 Å². The molecule has 108 valence electrons. The van der Waals surface area contributed by atoms with Crippen molar-refractivity contribution in [2.24, 2.45) is 0 Å². The summed E-state index contributed by atoms with van der Waals surface area (Å²) in [4.78, 5) is 25.8. The van der Waals surface area contributed by atoms with Crippen molar-refractivity contribution in [3.8, 4) is 0 Å². The van der Waals surface area contributed by atoms with Crippen molar-refractivity contribution < 1.29 is 14.0 Å². The first kappa shape index (κ1) is 14.5. The molecule has 1 aliphatic rings. The molecule has 2 atom stereocenters. The molecular formula is C15H19FN2O2. The van der Waals surface area contributed by atoms with Crippen molar-refractivity contribution in [3.63, 3.8) is 0 Å². The highest BCUT2D eigenvalue weighted by molar-refractivity contribution is 5.97. The number of hydrogen-bond donors (Lipinski definition) is 1. The van der Waals surface area contributed by atoms with E-state index < -0.39 is 11.6 Å². The van der Waals surface area contributed by atoms with Gasteiger partial charge in [0.15, 0.2) is 0 Å². The van der Waals surface area contributed by atoms with Crippen molar-refractivity contribution in [3.05, 3.63) is 35.6 Å². The van der Waals surface area contributed by atoms with E-state index in [1.807, 2.05) is 6.92 Å². The van der Waals surface area contributed by atoms with Gasteiger partial charge in [0.25, 0.3) is 0 Å². The van der Waals surface area contributed by atoms with E-state index in [1.165, 1.54) is 11.0 Å². The normalized spacial score (nSPS) is 24.5. The van der Waals surface area contributed by atoms with E-state index in [0.717, 1.165) is 0 Å². The minimum absolute atomic E-state index is 0.0378. The van der Waals surface area contributed by atoms with Gasteiger partial charge in [-0.1, -0.05) is 25.1 Å². The van der Waals surface area contributed by atoms with Crippen molar-refractivity contribution in [1.82, 2.24) is 10.2 Å². The summed E-state index contributed by atoms with van der Waals surface area (Å²) in [6.07, 6.45) is 0.498. The maximum absolute atomic E-state index is 13.9. The molecule has 1 heterocycles. The Balaban J connectivity index is 2.34. The minimum atomic E-state index is -0.908. The second kappa shape index (κ2) is 5.23. The average Bonchev–Trinajstić information content (AvgIpc) is 2.42. The van der Waals surface area contributed by atoms with E-state index in [9.17, 15) is 14.0 Å². The zero-order valence-electron chi connectivity index (χ0n) is 11.9. The molecule has 0 saturated carbocycles. The summed E-state index contributed by atoms with van der Waals surface area (Å²) in [7, 11) is 0. The van der Waals surface area contributed by atoms with Crippen LogP contribution in [0.5, 0.6) is 0 Å². The van der Waals surface area contributed by atoms with Gasteiger partial charge in [-0.25, -0.2) is 4.39 Å². The highest BCUT2D eigenvalue weighted by atomic mass is 19.1. The van der Waals surface area contributed by atoms with Gasteiger partial charge in [-0.2, -0.15) is 0 Å². The number of piperazine rings is 1. The third-order valence-electron chi connectivity index (χ3n) is 3.99. The van der Waals surface area contributed by atoms with Gasteiger partial charge in [0.05, 0.1) is 6.04 Å². The molecule has 0 bridgehead atoms. The zero-order valence-corrected chi connectivity index (χ0v) is 11.9. The summed E-state index contributed by atoms with van der Waals surface area (Å²) in [5, 5.41) is 2.72. The maximum atomic E-state index is 13.9. The Kier molecular flexibility index (Phi) is 3.79. The lowest BCUT2D eigenvalue weighted by atomic mass is 9.92. The molecule has 2 amide bonds. The van der Waals surface area contributed by atoms with Gasteiger partial charge in [-0.15, -0.1) is 0 Å². The number of rotatable bonds is 3. The van der Waals surface area contributed by atoms with Crippen LogP contribution in [0.1, 0.15) is 38.8 Å². The van der Waals surface area contributed by atoms with Crippen LogP contribution < -0.4 is 5.32 Å². The number of hydrogen-bond acceptors (Lipinski definition) is 2. The largest absolute Gasteiger partial charge is 0.340 e. The van der Waals surface area contributed by atoms with Crippen molar-refractivity contribution in [1.29, 1.82) is 0 Å². The van der Waals surface area contributed by atoms with Gasteiger partial charge >= 0.3 is 0 Å². The third kappa shape index (κ3) is 2.40. The number of amides is 2. The van der Waals surface area contributed by atoms with Crippen LogP contribution in [0.3, 0.4) is 0 Å². The molecule has 1 aliphatic heterocycles. The summed E-state index contributed by atoms with van der Waals surface area (Å²) in [6.45, 7) is 5.25. The predicted octanol–water partition coefficient (Wildman–Crippen LogP) is 2.01. The topological polar surface area (TPSA) is 49.4 Å². The lowest BCUT2D eigenvalue weighted by Crippen LogP contribution is -2.65. The third-order valence-corrected chi connectivity index (χ3v) is 3.99. The van der Waals surface area contributed by atoms with Crippen molar-refractivity contribution in [2.45, 2.75) is 38.8 Å². The zero-order chi connectivity index (χ0) is 14.9. The van der Waals surface area contributed by atoms with Crippen molar-refractivity contribution in [2.75, 3.05) is 6.54 Å². The van der Waals surface area contributed by atoms with Crippen LogP contribution in [0.15, 0.2) is 24.3 Å². The Morgan fingerprint density at radius 3 is 2.65 bits per heavy atom. The molecule has 1 fully saturated rings. The van der Waals surface area contributed by atoms with Crippen LogP contribution in [-0.4, -0.2) is 28.8 Å². The van der Waals surface area contributed by atoms with E-state index in [4.69, 9.17) is 0 Å². The predicted molar refractivity (Wildman–Crippen MR) is 73.4 cm³/mol. The number of carbonyl (C=O) groups is 2. The Morgan fingerprint density at radius 1 is 1.40 bits per heavy atom. The van der Waals surface area contributed by atoms with Crippen LogP contribution in [-0.2, 0) is 9.59 Å². The molecule has 1 aromatic carbocycles.